The molecule has 0 N–H and O–H groups in total. The first-order valence-corrected chi connectivity index (χ1v) is 12.5. The molecule has 0 fully saturated rings. The number of aryl methyl sites for hydroxylation is 2. The number of benzene rings is 3. The summed E-state index contributed by atoms with van der Waals surface area (Å²) in [4.78, 5) is 0. The number of aromatic nitrogens is 1. The molecule has 2 aliphatic heterocycles. The van der Waals surface area contributed by atoms with E-state index in [0.29, 0.717) is 0 Å². The van der Waals surface area contributed by atoms with Crippen molar-refractivity contribution in [2.45, 2.75) is 45.6 Å². The molecule has 6 rings (SSSR count). The Hall–Kier alpha value is -3.44. The first-order chi connectivity index (χ1) is 17.4. The Kier molecular flexibility index (Phi) is 6.45. The van der Waals surface area contributed by atoms with Crippen LogP contribution in [0, 0.1) is 0 Å². The summed E-state index contributed by atoms with van der Waals surface area (Å²) in [5.41, 5.74) is 7.75. The fourth-order valence-corrected chi connectivity index (χ4v) is 5.51. The van der Waals surface area contributed by atoms with Gasteiger partial charge in [0.15, 0.2) is 35.7 Å². The van der Waals surface area contributed by atoms with Crippen molar-refractivity contribution < 1.29 is 35.9 Å². The summed E-state index contributed by atoms with van der Waals surface area (Å²) in [6.45, 7) is 7.91. The third kappa shape index (κ3) is 4.25. The molecule has 0 bridgehead atoms. The Morgan fingerprint density at radius 2 is 1.62 bits per heavy atom. The van der Waals surface area contributed by atoms with E-state index in [1.807, 2.05) is 6.07 Å². The Labute approximate surface area is 224 Å². The number of halogens is 1. The van der Waals surface area contributed by atoms with Crippen molar-refractivity contribution in [2.24, 2.45) is 0 Å². The lowest BCUT2D eigenvalue weighted by Gasteiger charge is -2.22. The van der Waals surface area contributed by atoms with Gasteiger partial charge in [0.25, 0.3) is 0 Å². The molecule has 5 nitrogen and oxygen atoms in total. The van der Waals surface area contributed by atoms with Crippen LogP contribution in [0.1, 0.15) is 43.0 Å². The van der Waals surface area contributed by atoms with Gasteiger partial charge in [-0.25, -0.2) is 0 Å². The van der Waals surface area contributed by atoms with E-state index in [4.69, 9.17) is 18.9 Å². The van der Waals surface area contributed by atoms with Crippen LogP contribution < -0.4 is 35.9 Å². The molecule has 2 aliphatic rings. The number of nitrogens with zero attached hydrogens (tertiary/aromatic N) is 1. The highest BCUT2D eigenvalue weighted by molar-refractivity contribution is 5.95. The molecule has 1 aromatic heterocycles. The van der Waals surface area contributed by atoms with Crippen LogP contribution in [0.2, 0.25) is 0 Å². The molecular formula is C31H32ClNO4. The van der Waals surface area contributed by atoms with Gasteiger partial charge in [0.1, 0.15) is 0 Å². The summed E-state index contributed by atoms with van der Waals surface area (Å²) in [6.07, 6.45) is 3.95. The maximum Gasteiger partial charge on any atom is 0.231 e. The summed E-state index contributed by atoms with van der Waals surface area (Å²) in [5, 5.41) is 2.23. The van der Waals surface area contributed by atoms with Gasteiger partial charge in [-0.1, -0.05) is 45.0 Å². The van der Waals surface area contributed by atoms with Gasteiger partial charge in [-0.3, -0.25) is 0 Å². The molecular weight excluding hydrogens is 486 g/mol. The van der Waals surface area contributed by atoms with Crippen LogP contribution in [0.5, 0.6) is 23.0 Å². The molecule has 0 radical (unpaired) electrons. The number of rotatable bonds is 4. The molecule has 0 amide bonds. The SMILES string of the molecule is COc1ccc2c(Cc3ccc(C(C)(C)C)cc3)c3[n+](cc2c1OC)CCc1cc2c(cc1-3)OCO2.[Cl-]. The predicted molar refractivity (Wildman–Crippen MR) is 140 cm³/mol. The summed E-state index contributed by atoms with van der Waals surface area (Å²) in [5.74, 6) is 3.17. The monoisotopic (exact) mass is 517 g/mol. The standard InChI is InChI=1S/C31H32NO4.ClH/c1-31(2,3)21-8-6-19(7-9-21)14-24-22-10-11-26(33-4)30(34-5)25(22)17-32-13-12-20-15-27-28(36-18-35-27)16-23(20)29(24)32;/h6-11,15-17H,12-14,18H2,1-5H3;1H/q+1;/p-1. The summed E-state index contributed by atoms with van der Waals surface area (Å²) >= 11 is 0. The van der Waals surface area contributed by atoms with E-state index in [1.54, 1.807) is 14.2 Å². The highest BCUT2D eigenvalue weighted by Crippen LogP contribution is 2.44. The molecule has 0 saturated heterocycles. The summed E-state index contributed by atoms with van der Waals surface area (Å²) in [6, 6.07) is 17.5. The maximum atomic E-state index is 5.85. The van der Waals surface area contributed by atoms with E-state index in [0.717, 1.165) is 47.8 Å². The van der Waals surface area contributed by atoms with Crippen LogP contribution in [-0.4, -0.2) is 21.0 Å². The Morgan fingerprint density at radius 1 is 0.892 bits per heavy atom. The van der Waals surface area contributed by atoms with Gasteiger partial charge in [-0.05, 0) is 46.4 Å². The maximum absolute atomic E-state index is 5.85. The second-order valence-electron chi connectivity index (χ2n) is 10.6. The van der Waals surface area contributed by atoms with Gasteiger partial charge in [-0.15, -0.1) is 0 Å². The van der Waals surface area contributed by atoms with Gasteiger partial charge in [0.2, 0.25) is 12.5 Å². The fourth-order valence-electron chi connectivity index (χ4n) is 5.51. The van der Waals surface area contributed by atoms with Crippen LogP contribution in [0.15, 0.2) is 54.7 Å². The number of ether oxygens (including phenoxy) is 4. The second-order valence-corrected chi connectivity index (χ2v) is 10.6. The predicted octanol–water partition coefficient (Wildman–Crippen LogP) is 2.99. The molecule has 3 heterocycles. The quantitative estimate of drug-likeness (QED) is 0.390. The molecule has 192 valence electrons. The molecule has 3 aromatic carbocycles. The van der Waals surface area contributed by atoms with Crippen LogP contribution >= 0.6 is 0 Å². The van der Waals surface area contributed by atoms with E-state index in [2.05, 4.69) is 74.0 Å². The van der Waals surface area contributed by atoms with Crippen LogP contribution in [0.25, 0.3) is 22.0 Å². The molecule has 0 atom stereocenters. The van der Waals surface area contributed by atoms with Crippen LogP contribution in [-0.2, 0) is 24.8 Å². The fraction of sp³-hybridized carbons (Fsp3) is 0.323. The van der Waals surface area contributed by atoms with Crippen LogP contribution in [0.3, 0.4) is 0 Å². The van der Waals surface area contributed by atoms with E-state index in [1.165, 1.54) is 38.9 Å². The van der Waals surface area contributed by atoms with Gasteiger partial charge < -0.3 is 31.4 Å². The molecule has 0 unspecified atom stereocenters. The number of fused-ring (bicyclic) bond motifs is 5. The van der Waals surface area contributed by atoms with Crippen molar-refractivity contribution in [2.75, 3.05) is 21.0 Å². The lowest BCUT2D eigenvalue weighted by Crippen LogP contribution is -3.00. The van der Waals surface area contributed by atoms with Gasteiger partial charge in [0.05, 0.1) is 25.2 Å². The molecule has 6 heteroatoms. The molecule has 0 saturated carbocycles. The molecule has 0 aliphatic carbocycles. The van der Waals surface area contributed by atoms with E-state index < -0.39 is 0 Å². The zero-order chi connectivity index (χ0) is 25.0. The first kappa shape index (κ1) is 25.2. The van der Waals surface area contributed by atoms with Gasteiger partial charge in [0, 0.05) is 23.8 Å². The van der Waals surface area contributed by atoms with E-state index in [-0.39, 0.29) is 24.6 Å². The third-order valence-corrected chi connectivity index (χ3v) is 7.44. The lowest BCUT2D eigenvalue weighted by molar-refractivity contribution is -0.686. The zero-order valence-electron chi connectivity index (χ0n) is 22.0. The van der Waals surface area contributed by atoms with Crippen molar-refractivity contribution in [3.05, 3.63) is 77.0 Å². The zero-order valence-corrected chi connectivity index (χ0v) is 22.7. The Bertz CT molecular complexity index is 1490. The average Bonchev–Trinajstić information content (AvgIpc) is 3.33. The minimum atomic E-state index is 0. The lowest BCUT2D eigenvalue weighted by atomic mass is 9.85. The normalized spacial score (nSPS) is 13.5. The van der Waals surface area contributed by atoms with Gasteiger partial charge >= 0.3 is 0 Å². The highest BCUT2D eigenvalue weighted by Gasteiger charge is 2.32. The number of hydrogen-bond acceptors (Lipinski definition) is 4. The summed E-state index contributed by atoms with van der Waals surface area (Å²) < 4.78 is 25.3. The largest absolute Gasteiger partial charge is 1.00 e. The Balaban J connectivity index is 0.00000280. The molecule has 37 heavy (non-hydrogen) atoms. The van der Waals surface area contributed by atoms with Gasteiger partial charge in [-0.2, -0.15) is 4.57 Å². The minimum absolute atomic E-state index is 0. The topological polar surface area (TPSA) is 40.8 Å². The van der Waals surface area contributed by atoms with E-state index in [9.17, 15) is 0 Å². The summed E-state index contributed by atoms with van der Waals surface area (Å²) in [7, 11) is 3.40. The number of hydrogen-bond donors (Lipinski definition) is 0. The Morgan fingerprint density at radius 3 is 2.30 bits per heavy atom. The van der Waals surface area contributed by atoms with Crippen molar-refractivity contribution in [3.63, 3.8) is 0 Å². The van der Waals surface area contributed by atoms with Crippen molar-refractivity contribution in [3.8, 4) is 34.3 Å². The molecule has 0 spiro atoms. The number of methoxy groups -OCH3 is 2. The van der Waals surface area contributed by atoms with E-state index >= 15 is 0 Å². The first-order valence-electron chi connectivity index (χ1n) is 12.5. The molecule has 4 aromatic rings. The van der Waals surface area contributed by atoms with Crippen LogP contribution in [0.4, 0.5) is 0 Å². The second kappa shape index (κ2) is 9.46. The third-order valence-electron chi connectivity index (χ3n) is 7.44. The minimum Gasteiger partial charge on any atom is -1.00 e. The average molecular weight is 518 g/mol. The number of pyridine rings is 1. The van der Waals surface area contributed by atoms with Crippen molar-refractivity contribution >= 4 is 10.8 Å². The van der Waals surface area contributed by atoms with Crippen molar-refractivity contribution in [1.82, 2.24) is 0 Å². The highest BCUT2D eigenvalue weighted by atomic mass is 35.5. The smallest absolute Gasteiger partial charge is 0.231 e. The van der Waals surface area contributed by atoms with Crippen molar-refractivity contribution in [1.29, 1.82) is 0 Å².